The Labute approximate surface area is 85.5 Å². The summed E-state index contributed by atoms with van der Waals surface area (Å²) in [6.07, 6.45) is 1.47. The second-order valence-electron chi connectivity index (χ2n) is 2.52. The number of hydrazine groups is 1. The summed E-state index contributed by atoms with van der Waals surface area (Å²) in [6, 6.07) is 0. The highest BCUT2D eigenvalue weighted by atomic mass is 79.9. The molecular weight excluding hydrogens is 234 g/mol. The van der Waals surface area contributed by atoms with Gasteiger partial charge in [-0.05, 0) is 22.9 Å². The molecule has 0 saturated carbocycles. The van der Waals surface area contributed by atoms with Crippen molar-refractivity contribution in [3.63, 3.8) is 0 Å². The summed E-state index contributed by atoms with van der Waals surface area (Å²) < 4.78 is 0.779. The number of nitrogens with one attached hydrogen (secondary N) is 1. The molecule has 1 aromatic rings. The largest absolute Gasteiger partial charge is 0.359 e. The molecule has 0 bridgehead atoms. The summed E-state index contributed by atoms with van der Waals surface area (Å²) in [6.45, 7) is 2.92. The van der Waals surface area contributed by atoms with E-state index in [1.165, 1.54) is 6.33 Å². The first kappa shape index (κ1) is 10.2. The van der Waals surface area contributed by atoms with Crippen LogP contribution < -0.4 is 16.2 Å². The highest BCUT2D eigenvalue weighted by Crippen LogP contribution is 2.27. The van der Waals surface area contributed by atoms with E-state index in [0.717, 1.165) is 16.8 Å². The minimum atomic E-state index is 0.588. The van der Waals surface area contributed by atoms with E-state index in [1.807, 2.05) is 18.9 Å². The number of hydrogen-bond donors (Lipinski definition) is 2. The summed E-state index contributed by atoms with van der Waals surface area (Å²) in [7, 11) is 1.95. The molecule has 0 aliphatic rings. The molecule has 6 heteroatoms. The lowest BCUT2D eigenvalue weighted by atomic mass is 10.5. The highest BCUT2D eigenvalue weighted by Gasteiger charge is 2.09. The van der Waals surface area contributed by atoms with Crippen molar-refractivity contribution in [2.45, 2.75) is 6.92 Å². The van der Waals surface area contributed by atoms with Gasteiger partial charge in [-0.1, -0.05) is 0 Å². The van der Waals surface area contributed by atoms with Crippen molar-refractivity contribution in [2.24, 2.45) is 5.84 Å². The average molecular weight is 246 g/mol. The van der Waals surface area contributed by atoms with Gasteiger partial charge < -0.3 is 10.3 Å². The molecule has 13 heavy (non-hydrogen) atoms. The average Bonchev–Trinajstić information content (AvgIpc) is 2.17. The molecule has 1 aromatic heterocycles. The molecule has 72 valence electrons. The number of anilines is 2. The first-order chi connectivity index (χ1) is 6.20. The molecule has 3 N–H and O–H groups in total. The molecule has 0 fully saturated rings. The van der Waals surface area contributed by atoms with Gasteiger partial charge >= 0.3 is 0 Å². The van der Waals surface area contributed by atoms with Gasteiger partial charge in [0.2, 0.25) is 0 Å². The zero-order valence-corrected chi connectivity index (χ0v) is 9.17. The Kier molecular flexibility index (Phi) is 3.44. The van der Waals surface area contributed by atoms with Gasteiger partial charge in [0.15, 0.2) is 5.82 Å². The van der Waals surface area contributed by atoms with Crippen molar-refractivity contribution in [2.75, 3.05) is 23.9 Å². The molecular formula is C7H12BrN5. The predicted molar refractivity (Wildman–Crippen MR) is 56.5 cm³/mol. The minimum absolute atomic E-state index is 0.588. The standard InChI is InChI=1S/C7H12BrN5/c1-3-13(2)7-5(8)6(12-9)10-4-11-7/h4H,3,9H2,1-2H3,(H,10,11,12). The molecule has 0 aliphatic carbocycles. The lowest BCUT2D eigenvalue weighted by Crippen LogP contribution is -2.19. The molecule has 1 heterocycles. The van der Waals surface area contributed by atoms with Gasteiger partial charge in [0.1, 0.15) is 16.6 Å². The Morgan fingerprint density at radius 2 is 2.31 bits per heavy atom. The normalized spacial score (nSPS) is 9.85. The minimum Gasteiger partial charge on any atom is -0.359 e. The third-order valence-corrected chi connectivity index (χ3v) is 2.47. The van der Waals surface area contributed by atoms with Crippen molar-refractivity contribution in [3.05, 3.63) is 10.8 Å². The van der Waals surface area contributed by atoms with Crippen molar-refractivity contribution in [1.82, 2.24) is 9.97 Å². The van der Waals surface area contributed by atoms with Crippen LogP contribution >= 0.6 is 15.9 Å². The van der Waals surface area contributed by atoms with Crippen LogP contribution in [-0.2, 0) is 0 Å². The monoisotopic (exact) mass is 245 g/mol. The fourth-order valence-corrected chi connectivity index (χ4v) is 1.50. The number of halogens is 1. The number of nitrogen functional groups attached to an aromatic ring is 1. The predicted octanol–water partition coefficient (Wildman–Crippen LogP) is 0.981. The summed E-state index contributed by atoms with van der Waals surface area (Å²) in [5.74, 6) is 6.69. The van der Waals surface area contributed by atoms with E-state index < -0.39 is 0 Å². The van der Waals surface area contributed by atoms with Gasteiger partial charge in [0, 0.05) is 13.6 Å². The molecule has 0 unspecified atom stereocenters. The summed E-state index contributed by atoms with van der Waals surface area (Å²) in [4.78, 5) is 10.1. The third kappa shape index (κ3) is 2.07. The van der Waals surface area contributed by atoms with E-state index in [4.69, 9.17) is 5.84 Å². The second-order valence-corrected chi connectivity index (χ2v) is 3.31. The fourth-order valence-electron chi connectivity index (χ4n) is 0.877. The van der Waals surface area contributed by atoms with Gasteiger partial charge in [-0.15, -0.1) is 0 Å². The van der Waals surface area contributed by atoms with E-state index in [-0.39, 0.29) is 0 Å². The molecule has 0 aromatic carbocycles. The molecule has 0 saturated heterocycles. The summed E-state index contributed by atoms with van der Waals surface area (Å²) in [5.41, 5.74) is 2.49. The maximum Gasteiger partial charge on any atom is 0.159 e. The first-order valence-corrected chi connectivity index (χ1v) is 4.68. The number of nitrogens with two attached hydrogens (primary N) is 1. The van der Waals surface area contributed by atoms with Crippen LogP contribution in [0.4, 0.5) is 11.6 Å². The van der Waals surface area contributed by atoms with Gasteiger partial charge in [0.25, 0.3) is 0 Å². The van der Waals surface area contributed by atoms with Gasteiger partial charge in [-0.25, -0.2) is 15.8 Å². The van der Waals surface area contributed by atoms with E-state index in [0.29, 0.717) is 5.82 Å². The van der Waals surface area contributed by atoms with E-state index in [2.05, 4.69) is 31.3 Å². The van der Waals surface area contributed by atoms with E-state index >= 15 is 0 Å². The van der Waals surface area contributed by atoms with Gasteiger partial charge in [-0.2, -0.15) is 0 Å². The molecule has 0 spiro atoms. The molecule has 1 rings (SSSR count). The third-order valence-electron chi connectivity index (χ3n) is 1.74. The first-order valence-electron chi connectivity index (χ1n) is 3.89. The topological polar surface area (TPSA) is 67.1 Å². The quantitative estimate of drug-likeness (QED) is 0.614. The van der Waals surface area contributed by atoms with Gasteiger partial charge in [-0.3, -0.25) is 0 Å². The van der Waals surface area contributed by atoms with Crippen LogP contribution in [-0.4, -0.2) is 23.6 Å². The van der Waals surface area contributed by atoms with Crippen LogP contribution in [0.3, 0.4) is 0 Å². The zero-order valence-electron chi connectivity index (χ0n) is 7.58. The Morgan fingerprint density at radius 3 is 2.85 bits per heavy atom. The summed E-state index contributed by atoms with van der Waals surface area (Å²) in [5, 5.41) is 0. The zero-order chi connectivity index (χ0) is 9.84. The number of nitrogens with zero attached hydrogens (tertiary/aromatic N) is 3. The Hall–Kier alpha value is -0.880. The van der Waals surface area contributed by atoms with Crippen molar-refractivity contribution in [3.8, 4) is 0 Å². The number of aromatic nitrogens is 2. The van der Waals surface area contributed by atoms with Crippen molar-refractivity contribution >= 4 is 27.6 Å². The maximum atomic E-state index is 5.27. The van der Waals surface area contributed by atoms with Crippen LogP contribution in [0.2, 0.25) is 0 Å². The van der Waals surface area contributed by atoms with Crippen LogP contribution in [0.1, 0.15) is 6.92 Å². The Bertz CT molecular complexity index is 290. The highest BCUT2D eigenvalue weighted by molar-refractivity contribution is 9.10. The van der Waals surface area contributed by atoms with E-state index in [9.17, 15) is 0 Å². The fraction of sp³-hybridized carbons (Fsp3) is 0.429. The lowest BCUT2D eigenvalue weighted by Gasteiger charge is -2.17. The Balaban J connectivity index is 3.08. The number of hydrogen-bond acceptors (Lipinski definition) is 5. The van der Waals surface area contributed by atoms with Crippen LogP contribution in [0.5, 0.6) is 0 Å². The number of rotatable bonds is 3. The second kappa shape index (κ2) is 4.38. The van der Waals surface area contributed by atoms with Crippen molar-refractivity contribution < 1.29 is 0 Å². The van der Waals surface area contributed by atoms with Gasteiger partial charge in [0.05, 0.1) is 0 Å². The molecule has 0 radical (unpaired) electrons. The molecule has 5 nitrogen and oxygen atoms in total. The smallest absolute Gasteiger partial charge is 0.159 e. The SMILES string of the molecule is CCN(C)c1ncnc(NN)c1Br. The maximum absolute atomic E-state index is 5.27. The molecule has 0 atom stereocenters. The van der Waals surface area contributed by atoms with Crippen LogP contribution in [0.15, 0.2) is 10.8 Å². The van der Waals surface area contributed by atoms with Crippen molar-refractivity contribution in [1.29, 1.82) is 0 Å². The lowest BCUT2D eigenvalue weighted by molar-refractivity contribution is 0.922. The summed E-state index contributed by atoms with van der Waals surface area (Å²) >= 11 is 3.37. The molecule has 0 aliphatic heterocycles. The molecule has 0 amide bonds. The van der Waals surface area contributed by atoms with Crippen LogP contribution in [0.25, 0.3) is 0 Å². The Morgan fingerprint density at radius 1 is 1.62 bits per heavy atom. The van der Waals surface area contributed by atoms with Crippen LogP contribution in [0, 0.1) is 0 Å². The van der Waals surface area contributed by atoms with E-state index in [1.54, 1.807) is 0 Å².